The molecule has 0 spiro atoms. The Balaban J connectivity index is 2.64. The summed E-state index contributed by atoms with van der Waals surface area (Å²) in [5.74, 6) is -0.0449. The molecule has 1 saturated carbocycles. The number of nitrogens with two attached hydrogens (primary N) is 1. The normalized spacial score (nSPS) is 19.6. The Hall–Kier alpha value is -0.660. The van der Waals surface area contributed by atoms with Crippen molar-refractivity contribution >= 4 is 15.9 Å². The van der Waals surface area contributed by atoms with Gasteiger partial charge in [0.15, 0.2) is 0 Å². The van der Waals surface area contributed by atoms with Gasteiger partial charge in [-0.15, -0.1) is 0 Å². The van der Waals surface area contributed by atoms with Gasteiger partial charge in [-0.05, 0) is 18.8 Å². The molecule has 1 aliphatic carbocycles. The van der Waals surface area contributed by atoms with E-state index in [-0.39, 0.29) is 24.1 Å². The Morgan fingerprint density at radius 3 is 2.56 bits per heavy atom. The predicted octanol–water partition coefficient (Wildman–Crippen LogP) is 0.437. The average Bonchev–Trinajstić information content (AvgIpc) is 2.34. The summed E-state index contributed by atoms with van der Waals surface area (Å²) >= 11 is 0. The molecule has 0 aromatic rings. The van der Waals surface area contributed by atoms with Crippen molar-refractivity contribution in [1.29, 1.82) is 5.41 Å². The van der Waals surface area contributed by atoms with Crippen LogP contribution in [0.15, 0.2) is 0 Å². The van der Waals surface area contributed by atoms with Gasteiger partial charge in [-0.25, -0.2) is 13.1 Å². The van der Waals surface area contributed by atoms with E-state index in [4.69, 9.17) is 15.9 Å². The molecule has 1 atom stereocenters. The van der Waals surface area contributed by atoms with Gasteiger partial charge in [0.05, 0.1) is 18.4 Å². The van der Waals surface area contributed by atoms with Gasteiger partial charge in [-0.3, -0.25) is 5.41 Å². The molecule has 7 heteroatoms. The van der Waals surface area contributed by atoms with Crippen LogP contribution in [0, 0.1) is 11.3 Å². The number of methoxy groups -OCH3 is 1. The molecular weight excluding hydrogens is 254 g/mol. The zero-order valence-electron chi connectivity index (χ0n) is 10.8. The summed E-state index contributed by atoms with van der Waals surface area (Å²) in [5, 5.41) is 7.56. The zero-order valence-corrected chi connectivity index (χ0v) is 11.6. The zero-order chi connectivity index (χ0) is 13.6. The van der Waals surface area contributed by atoms with Gasteiger partial charge in [0, 0.05) is 7.11 Å². The third kappa shape index (κ3) is 4.91. The fourth-order valence-electron chi connectivity index (χ4n) is 2.33. The van der Waals surface area contributed by atoms with E-state index < -0.39 is 16.1 Å². The number of nitrogens with one attached hydrogen (secondary N) is 2. The van der Waals surface area contributed by atoms with Gasteiger partial charge < -0.3 is 10.5 Å². The maximum absolute atomic E-state index is 11.8. The molecule has 106 valence electrons. The lowest BCUT2D eigenvalue weighted by atomic mass is 9.84. The molecule has 0 heterocycles. The van der Waals surface area contributed by atoms with Gasteiger partial charge in [-0.1, -0.05) is 19.3 Å². The lowest BCUT2D eigenvalue weighted by molar-refractivity contribution is 0.216. The second-order valence-corrected chi connectivity index (χ2v) is 6.63. The van der Waals surface area contributed by atoms with E-state index in [0.717, 1.165) is 25.7 Å². The second kappa shape index (κ2) is 7.06. The molecule has 18 heavy (non-hydrogen) atoms. The third-order valence-electron chi connectivity index (χ3n) is 3.32. The maximum atomic E-state index is 11.8. The highest BCUT2D eigenvalue weighted by Gasteiger charge is 2.29. The Morgan fingerprint density at radius 1 is 1.44 bits per heavy atom. The average molecular weight is 277 g/mol. The van der Waals surface area contributed by atoms with Crippen molar-refractivity contribution in [3.8, 4) is 0 Å². The first-order valence-corrected chi connectivity index (χ1v) is 7.94. The minimum Gasteiger partial charge on any atom is -0.386 e. The number of rotatable bonds is 7. The van der Waals surface area contributed by atoms with Gasteiger partial charge in [-0.2, -0.15) is 0 Å². The van der Waals surface area contributed by atoms with Crippen LogP contribution in [0.4, 0.5) is 0 Å². The smallest absolute Gasteiger partial charge is 0.214 e. The molecule has 0 bridgehead atoms. The summed E-state index contributed by atoms with van der Waals surface area (Å²) < 4.78 is 30.9. The quantitative estimate of drug-likeness (QED) is 0.463. The number of ether oxygens (including phenoxy) is 1. The van der Waals surface area contributed by atoms with E-state index in [9.17, 15) is 8.42 Å². The van der Waals surface area contributed by atoms with Crippen molar-refractivity contribution < 1.29 is 13.2 Å². The summed E-state index contributed by atoms with van der Waals surface area (Å²) in [6.07, 6.45) is 5.19. The molecule has 1 fully saturated rings. The van der Waals surface area contributed by atoms with Crippen molar-refractivity contribution in [3.63, 3.8) is 0 Å². The lowest BCUT2D eigenvalue weighted by Gasteiger charge is -2.29. The lowest BCUT2D eigenvalue weighted by Crippen LogP contribution is -2.50. The van der Waals surface area contributed by atoms with Crippen LogP contribution in [0.25, 0.3) is 0 Å². The van der Waals surface area contributed by atoms with E-state index in [1.54, 1.807) is 0 Å². The van der Waals surface area contributed by atoms with Crippen LogP contribution in [0.1, 0.15) is 32.1 Å². The SMILES string of the molecule is COCCS(=O)(=O)NC(C(=N)N)C1CCCCC1. The predicted molar refractivity (Wildman–Crippen MR) is 71.1 cm³/mol. The number of sulfonamides is 1. The van der Waals surface area contributed by atoms with Crippen LogP contribution >= 0.6 is 0 Å². The molecule has 0 saturated heterocycles. The first-order chi connectivity index (χ1) is 8.46. The molecule has 1 rings (SSSR count). The van der Waals surface area contributed by atoms with Crippen molar-refractivity contribution in [1.82, 2.24) is 4.72 Å². The minimum atomic E-state index is -3.43. The largest absolute Gasteiger partial charge is 0.386 e. The van der Waals surface area contributed by atoms with Crippen molar-refractivity contribution in [2.45, 2.75) is 38.1 Å². The van der Waals surface area contributed by atoms with E-state index >= 15 is 0 Å². The van der Waals surface area contributed by atoms with Crippen molar-refractivity contribution in [3.05, 3.63) is 0 Å². The Kier molecular flexibility index (Phi) is 6.04. The third-order valence-corrected chi connectivity index (χ3v) is 4.64. The summed E-state index contributed by atoms with van der Waals surface area (Å²) in [5.41, 5.74) is 5.53. The number of amidine groups is 1. The summed E-state index contributed by atoms with van der Waals surface area (Å²) in [6, 6.07) is -0.563. The molecule has 1 unspecified atom stereocenters. The van der Waals surface area contributed by atoms with Crippen LogP contribution in [-0.4, -0.2) is 39.8 Å². The minimum absolute atomic E-state index is 0.0945. The highest BCUT2D eigenvalue weighted by Crippen LogP contribution is 2.26. The second-order valence-electron chi connectivity index (χ2n) is 4.76. The number of hydrogen-bond acceptors (Lipinski definition) is 4. The van der Waals surface area contributed by atoms with E-state index in [0.29, 0.717) is 0 Å². The summed E-state index contributed by atoms with van der Waals surface area (Å²) in [4.78, 5) is 0. The van der Waals surface area contributed by atoms with Gasteiger partial charge >= 0.3 is 0 Å². The molecule has 6 nitrogen and oxygen atoms in total. The molecule has 0 aromatic carbocycles. The topological polar surface area (TPSA) is 105 Å². The fraction of sp³-hybridized carbons (Fsp3) is 0.909. The van der Waals surface area contributed by atoms with E-state index in [1.165, 1.54) is 13.5 Å². The number of hydrogen-bond donors (Lipinski definition) is 3. The van der Waals surface area contributed by atoms with Gasteiger partial charge in [0.2, 0.25) is 10.0 Å². The van der Waals surface area contributed by atoms with Crippen LogP contribution in [0.3, 0.4) is 0 Å². The Morgan fingerprint density at radius 2 is 2.06 bits per heavy atom. The van der Waals surface area contributed by atoms with Gasteiger partial charge in [0.25, 0.3) is 0 Å². The summed E-state index contributed by atoms with van der Waals surface area (Å²) in [7, 11) is -1.98. The maximum Gasteiger partial charge on any atom is 0.214 e. The molecule has 4 N–H and O–H groups in total. The van der Waals surface area contributed by atoms with E-state index in [2.05, 4.69) is 4.72 Å². The first-order valence-electron chi connectivity index (χ1n) is 6.29. The van der Waals surface area contributed by atoms with Crippen LogP contribution in [0.2, 0.25) is 0 Å². The standard InChI is InChI=1S/C11H23N3O3S/c1-17-7-8-18(15,16)14-10(11(12)13)9-5-3-2-4-6-9/h9-10,14H,2-8H2,1H3,(H3,12,13). The first kappa shape index (κ1) is 15.4. The Labute approximate surface area is 109 Å². The van der Waals surface area contributed by atoms with Crippen LogP contribution in [0.5, 0.6) is 0 Å². The molecular formula is C11H23N3O3S. The van der Waals surface area contributed by atoms with Crippen molar-refractivity contribution in [2.24, 2.45) is 11.7 Å². The van der Waals surface area contributed by atoms with Gasteiger partial charge in [0.1, 0.15) is 5.84 Å². The Bertz CT molecular complexity index is 364. The fourth-order valence-corrected chi connectivity index (χ4v) is 3.54. The summed E-state index contributed by atoms with van der Waals surface area (Å²) in [6.45, 7) is 0.143. The highest BCUT2D eigenvalue weighted by molar-refractivity contribution is 7.89. The highest BCUT2D eigenvalue weighted by atomic mass is 32.2. The molecule has 0 aromatic heterocycles. The van der Waals surface area contributed by atoms with E-state index in [1.807, 2.05) is 0 Å². The van der Waals surface area contributed by atoms with Crippen LogP contribution < -0.4 is 10.5 Å². The van der Waals surface area contributed by atoms with Crippen LogP contribution in [-0.2, 0) is 14.8 Å². The van der Waals surface area contributed by atoms with Crippen molar-refractivity contribution in [2.75, 3.05) is 19.5 Å². The monoisotopic (exact) mass is 277 g/mol. The molecule has 0 amide bonds. The molecule has 0 aliphatic heterocycles. The molecule has 0 radical (unpaired) electrons. The molecule has 1 aliphatic rings.